The average molecular weight is 856 g/mol. The van der Waals surface area contributed by atoms with E-state index in [1.807, 2.05) is 0 Å². The molecular formula is C39H49F4N5O10S. The highest BCUT2D eigenvalue weighted by Crippen LogP contribution is 2.48. The monoisotopic (exact) mass is 855 g/mol. The fraction of sp³-hybridized carbons (Fsp3) is 0.615. The fourth-order valence-corrected chi connectivity index (χ4v) is 8.64. The minimum atomic E-state index is -4.97. The smallest absolute Gasteiger partial charge is 0.427 e. The van der Waals surface area contributed by atoms with Crippen molar-refractivity contribution in [3.63, 3.8) is 0 Å². The van der Waals surface area contributed by atoms with E-state index in [2.05, 4.69) is 20.3 Å². The van der Waals surface area contributed by atoms with Gasteiger partial charge in [0, 0.05) is 17.7 Å². The lowest BCUT2D eigenvalue weighted by atomic mass is 10.0. The number of benzene rings is 1. The standard InChI is InChI=1S/C39H49F4N5O10S/c1-7-28-30(45-35(52)58-36(3,4)39(41,42)43)33(50)48-20-24(57-32-26-16-23(40)12-13-25(26)29(55-6)19-44-32)17-27(48)31(49)46-38(18-22(38)11-9-8-10-21(2)56-28)34(51)47-59(53,54)37(5)14-15-37/h9,11-13,16,19,21-22,24,27-28,30H,7-8,10,14-15,17-18,20H2,1-6H3,(H,45,52)(H,46,49)(H,47,51)/b11-9-/t21-,22-,24-,27+,28+,30+,38-/m1/s1. The molecule has 0 unspecified atom stereocenters. The molecule has 324 valence electrons. The molecule has 0 bridgehead atoms. The van der Waals surface area contributed by atoms with Crippen molar-refractivity contribution in [1.82, 2.24) is 25.2 Å². The Bertz CT molecular complexity index is 2130. The second kappa shape index (κ2) is 16.0. The molecule has 2 aliphatic heterocycles. The van der Waals surface area contributed by atoms with Crippen molar-refractivity contribution >= 4 is 44.6 Å². The fourth-order valence-electron chi connectivity index (χ4n) is 7.33. The first-order chi connectivity index (χ1) is 27.5. The Labute approximate surface area is 339 Å². The summed E-state index contributed by atoms with van der Waals surface area (Å²) in [6, 6.07) is 0.701. The van der Waals surface area contributed by atoms with E-state index in [1.165, 1.54) is 38.4 Å². The van der Waals surface area contributed by atoms with E-state index in [9.17, 15) is 45.2 Å². The summed E-state index contributed by atoms with van der Waals surface area (Å²) in [7, 11) is -2.72. The number of carbonyl (C=O) groups excluding carboxylic acids is 4. The zero-order valence-electron chi connectivity index (χ0n) is 33.5. The molecule has 1 aromatic carbocycles. The van der Waals surface area contributed by atoms with Crippen molar-refractivity contribution < 1.29 is 64.1 Å². The van der Waals surface area contributed by atoms with Gasteiger partial charge in [-0.3, -0.25) is 19.1 Å². The number of pyridine rings is 1. The van der Waals surface area contributed by atoms with E-state index in [0.717, 1.165) is 4.90 Å². The first kappa shape index (κ1) is 43.8. The summed E-state index contributed by atoms with van der Waals surface area (Å²) < 4.78 is 106. The quantitative estimate of drug-likeness (QED) is 0.237. The van der Waals surface area contributed by atoms with Crippen LogP contribution in [-0.2, 0) is 33.9 Å². The average Bonchev–Trinajstić information content (AvgIpc) is 4.03. The molecule has 2 aliphatic carbocycles. The van der Waals surface area contributed by atoms with Crippen LogP contribution in [0, 0.1) is 11.7 Å². The Morgan fingerprint density at radius 2 is 1.86 bits per heavy atom. The van der Waals surface area contributed by atoms with Gasteiger partial charge in [0.05, 0.1) is 42.2 Å². The number of allylic oxidation sites excluding steroid dienone is 1. The number of ether oxygens (including phenoxy) is 4. The van der Waals surface area contributed by atoms with Gasteiger partial charge in [-0.2, -0.15) is 13.2 Å². The maximum absolute atomic E-state index is 14.8. The van der Waals surface area contributed by atoms with Gasteiger partial charge in [-0.05, 0) is 84.4 Å². The number of hydrogen-bond donors (Lipinski definition) is 3. The molecule has 2 saturated carbocycles. The number of methoxy groups -OCH3 is 1. The molecule has 3 N–H and O–H groups in total. The Hall–Kier alpha value is -4.72. The van der Waals surface area contributed by atoms with Gasteiger partial charge >= 0.3 is 12.3 Å². The third-order valence-electron chi connectivity index (χ3n) is 11.6. The van der Waals surface area contributed by atoms with E-state index < -0.39 is 98.0 Å². The number of aromatic nitrogens is 1. The number of alkyl carbamates (subject to hydrolysis) is 1. The van der Waals surface area contributed by atoms with Gasteiger partial charge < -0.3 is 34.5 Å². The molecule has 3 fully saturated rings. The van der Waals surface area contributed by atoms with Crippen molar-refractivity contribution in [2.75, 3.05) is 13.7 Å². The molecule has 20 heteroatoms. The first-order valence-electron chi connectivity index (χ1n) is 19.4. The summed E-state index contributed by atoms with van der Waals surface area (Å²) in [5, 5.41) is 5.65. The van der Waals surface area contributed by atoms with Crippen LogP contribution in [-0.4, -0.2) is 108 Å². The van der Waals surface area contributed by atoms with Crippen LogP contribution in [0.5, 0.6) is 11.6 Å². The van der Waals surface area contributed by atoms with E-state index in [4.69, 9.17) is 18.9 Å². The minimum Gasteiger partial charge on any atom is -0.494 e. The van der Waals surface area contributed by atoms with Gasteiger partial charge in [0.2, 0.25) is 33.3 Å². The number of rotatable bonds is 9. The summed E-state index contributed by atoms with van der Waals surface area (Å²) >= 11 is 0. The molecule has 59 heavy (non-hydrogen) atoms. The molecular weight excluding hydrogens is 807 g/mol. The maximum atomic E-state index is 14.8. The van der Waals surface area contributed by atoms with E-state index in [-0.39, 0.29) is 37.1 Å². The number of amides is 4. The summed E-state index contributed by atoms with van der Waals surface area (Å²) in [5.41, 5.74) is -4.67. The van der Waals surface area contributed by atoms with Gasteiger partial charge in [0.1, 0.15) is 35.3 Å². The topological polar surface area (TPSA) is 192 Å². The first-order valence-corrected chi connectivity index (χ1v) is 20.9. The van der Waals surface area contributed by atoms with Crippen LogP contribution in [0.15, 0.2) is 36.5 Å². The van der Waals surface area contributed by atoms with Crippen LogP contribution in [0.3, 0.4) is 0 Å². The summed E-state index contributed by atoms with van der Waals surface area (Å²) in [6.07, 6.45) is -3.12. The molecule has 2 aromatic rings. The molecule has 7 atom stereocenters. The van der Waals surface area contributed by atoms with Gasteiger partial charge in [0.15, 0.2) is 0 Å². The lowest BCUT2D eigenvalue weighted by molar-refractivity contribution is -0.244. The molecule has 4 aliphatic rings. The molecule has 3 heterocycles. The molecule has 15 nitrogen and oxygen atoms in total. The van der Waals surface area contributed by atoms with E-state index in [1.54, 1.807) is 26.0 Å². The van der Waals surface area contributed by atoms with Crippen LogP contribution in [0.25, 0.3) is 10.8 Å². The highest BCUT2D eigenvalue weighted by molar-refractivity contribution is 7.91. The third kappa shape index (κ3) is 8.93. The Balaban J connectivity index is 1.38. The number of carbonyl (C=O) groups is 4. The Morgan fingerprint density at radius 1 is 1.15 bits per heavy atom. The number of nitrogens with zero attached hydrogens (tertiary/aromatic N) is 2. The summed E-state index contributed by atoms with van der Waals surface area (Å²) in [6.45, 7) is 5.80. The normalized spacial score (nSPS) is 29.2. The molecule has 1 aromatic heterocycles. The second-order valence-electron chi connectivity index (χ2n) is 16.4. The van der Waals surface area contributed by atoms with Crippen LogP contribution in [0.4, 0.5) is 22.4 Å². The van der Waals surface area contributed by atoms with Gasteiger partial charge in [-0.1, -0.05) is 19.1 Å². The minimum absolute atomic E-state index is 0.0379. The predicted octanol–water partition coefficient (Wildman–Crippen LogP) is 4.57. The molecule has 0 radical (unpaired) electrons. The van der Waals surface area contributed by atoms with Crippen molar-refractivity contribution in [2.45, 2.75) is 132 Å². The van der Waals surface area contributed by atoms with Crippen molar-refractivity contribution in [1.29, 1.82) is 0 Å². The Morgan fingerprint density at radius 3 is 2.51 bits per heavy atom. The van der Waals surface area contributed by atoms with Gasteiger partial charge in [-0.15, -0.1) is 0 Å². The van der Waals surface area contributed by atoms with E-state index in [0.29, 0.717) is 50.7 Å². The van der Waals surface area contributed by atoms with Crippen molar-refractivity contribution in [2.24, 2.45) is 5.92 Å². The van der Waals surface area contributed by atoms with Crippen molar-refractivity contribution in [3.05, 3.63) is 42.4 Å². The Kier molecular flexibility index (Phi) is 11.9. The number of nitrogens with one attached hydrogen (secondary N) is 3. The zero-order valence-corrected chi connectivity index (χ0v) is 34.3. The number of sulfonamides is 1. The lowest BCUT2D eigenvalue weighted by Crippen LogP contribution is -2.61. The number of halogens is 4. The van der Waals surface area contributed by atoms with Crippen LogP contribution in [0.2, 0.25) is 0 Å². The second-order valence-corrected chi connectivity index (χ2v) is 18.6. The summed E-state index contributed by atoms with van der Waals surface area (Å²) in [4.78, 5) is 61.7. The van der Waals surface area contributed by atoms with Gasteiger partial charge in [-0.25, -0.2) is 22.6 Å². The molecule has 6 rings (SSSR count). The highest BCUT2D eigenvalue weighted by Gasteiger charge is 2.63. The SMILES string of the molecule is CC[C@@H]1O[C@H](C)CC/C=C\[C@@H]2C[C@@]2(C(=O)NS(=O)(=O)C2(C)CC2)NC(=O)[C@@H]2C[C@@H](Oc3ncc(OC)c4ccc(F)cc34)CN2C(=O)[C@H]1NC(=O)OC(C)(C)C(F)(F)F. The molecule has 1 saturated heterocycles. The van der Waals surface area contributed by atoms with Crippen LogP contribution in [0.1, 0.15) is 79.6 Å². The third-order valence-corrected chi connectivity index (χ3v) is 13.7. The van der Waals surface area contributed by atoms with Gasteiger partial charge in [0.25, 0.3) is 5.91 Å². The molecule has 4 amide bonds. The predicted molar refractivity (Wildman–Crippen MR) is 203 cm³/mol. The molecule has 0 spiro atoms. The summed E-state index contributed by atoms with van der Waals surface area (Å²) in [5.74, 6) is -3.77. The zero-order chi connectivity index (χ0) is 43.3. The van der Waals surface area contributed by atoms with Crippen LogP contribution >= 0.6 is 0 Å². The lowest BCUT2D eigenvalue weighted by Gasteiger charge is -2.35. The van der Waals surface area contributed by atoms with Crippen molar-refractivity contribution in [3.8, 4) is 11.6 Å². The van der Waals surface area contributed by atoms with E-state index >= 15 is 0 Å². The largest absolute Gasteiger partial charge is 0.494 e. The maximum Gasteiger partial charge on any atom is 0.427 e. The number of alkyl halides is 3. The number of fused-ring (bicyclic) bond motifs is 3. The number of hydrogen-bond acceptors (Lipinski definition) is 11. The highest BCUT2D eigenvalue weighted by atomic mass is 32.2. The van der Waals surface area contributed by atoms with Crippen LogP contribution < -0.4 is 24.8 Å².